The summed E-state index contributed by atoms with van der Waals surface area (Å²) < 4.78 is 34.6. The van der Waals surface area contributed by atoms with Gasteiger partial charge in [0.1, 0.15) is 19.3 Å². The number of likely N-dealkylation sites (N-methyl/N-ethyl adjacent to an activating group) is 1. The van der Waals surface area contributed by atoms with Gasteiger partial charge in [0.15, 0.2) is 0 Å². The Balaban J connectivity index is 4.22. The molecule has 0 aromatic carbocycles. The lowest BCUT2D eigenvalue weighted by molar-refractivity contribution is -0.870. The second-order valence-corrected chi connectivity index (χ2v) is 17.4. The van der Waals surface area contributed by atoms with Gasteiger partial charge >= 0.3 is 5.97 Å². The maximum absolute atomic E-state index is 12.7. The van der Waals surface area contributed by atoms with E-state index in [1.807, 2.05) is 21.1 Å². The fourth-order valence-electron chi connectivity index (χ4n) is 5.95. The van der Waals surface area contributed by atoms with Crippen LogP contribution in [0.3, 0.4) is 0 Å². The molecule has 0 amide bonds. The van der Waals surface area contributed by atoms with Crippen molar-refractivity contribution < 1.29 is 37.3 Å². The minimum atomic E-state index is -4.53. The summed E-state index contributed by atoms with van der Waals surface area (Å²) in [5.41, 5.74) is 0. The first kappa shape index (κ1) is 53.5. The average molecular weight is 796 g/mol. The van der Waals surface area contributed by atoms with Crippen LogP contribution < -0.4 is 4.89 Å². The van der Waals surface area contributed by atoms with Crippen LogP contribution >= 0.6 is 7.82 Å². The monoisotopic (exact) mass is 796 g/mol. The van der Waals surface area contributed by atoms with Crippen LogP contribution in [0.4, 0.5) is 0 Å². The van der Waals surface area contributed by atoms with Gasteiger partial charge in [-0.05, 0) is 51.4 Å². The Hall–Kier alpha value is -1.54. The van der Waals surface area contributed by atoms with Crippen LogP contribution in [0.2, 0.25) is 0 Å². The van der Waals surface area contributed by atoms with Crippen molar-refractivity contribution in [3.05, 3.63) is 48.6 Å². The first-order valence-electron chi connectivity index (χ1n) is 22.4. The molecule has 0 heterocycles. The highest BCUT2D eigenvalue weighted by atomic mass is 31.2. The Kier molecular flexibility index (Phi) is 38.2. The highest BCUT2D eigenvalue weighted by molar-refractivity contribution is 7.45. The summed E-state index contributed by atoms with van der Waals surface area (Å²) in [4.78, 5) is 25.0. The van der Waals surface area contributed by atoms with Crippen molar-refractivity contribution in [3.8, 4) is 0 Å². The van der Waals surface area contributed by atoms with Crippen molar-refractivity contribution in [2.45, 2.75) is 187 Å². The topological polar surface area (TPSA) is 94.1 Å². The Morgan fingerprint density at radius 1 is 0.582 bits per heavy atom. The normalized spacial score (nSPS) is 14.2. The molecule has 0 N–H and O–H groups in total. The number of quaternary nitrogens is 1. The zero-order chi connectivity index (χ0) is 40.6. The number of carbonyl (C=O) groups is 1. The number of rotatable bonds is 41. The Bertz CT molecular complexity index is 1020. The molecule has 0 spiro atoms. The van der Waals surface area contributed by atoms with E-state index in [9.17, 15) is 14.3 Å². The van der Waals surface area contributed by atoms with E-state index < -0.39 is 13.9 Å². The van der Waals surface area contributed by atoms with Crippen molar-refractivity contribution in [3.63, 3.8) is 0 Å². The van der Waals surface area contributed by atoms with Crippen LogP contribution in [-0.2, 0) is 27.9 Å². The van der Waals surface area contributed by atoms with Gasteiger partial charge < -0.3 is 27.9 Å². The number of phosphoric acid groups is 1. The van der Waals surface area contributed by atoms with Gasteiger partial charge in [-0.2, -0.15) is 0 Å². The number of unbranched alkanes of at least 4 members (excludes halogenated alkanes) is 19. The van der Waals surface area contributed by atoms with Crippen LogP contribution in [0.15, 0.2) is 48.6 Å². The second kappa shape index (κ2) is 39.3. The van der Waals surface area contributed by atoms with E-state index in [1.165, 1.54) is 89.9 Å². The van der Waals surface area contributed by atoms with Gasteiger partial charge in [0.25, 0.3) is 7.82 Å². The zero-order valence-electron chi connectivity index (χ0n) is 36.4. The van der Waals surface area contributed by atoms with Crippen molar-refractivity contribution in [1.29, 1.82) is 0 Å². The number of ether oxygens (including phenoxy) is 2. The Labute approximate surface area is 339 Å². The molecule has 0 radical (unpaired) electrons. The van der Waals surface area contributed by atoms with Crippen molar-refractivity contribution in [2.75, 3.05) is 54.1 Å². The van der Waals surface area contributed by atoms with Crippen LogP contribution in [0.25, 0.3) is 0 Å². The largest absolute Gasteiger partial charge is 0.756 e. The molecular formula is C46H86NO7P. The molecule has 322 valence electrons. The first-order valence-corrected chi connectivity index (χ1v) is 23.8. The lowest BCUT2D eigenvalue weighted by Gasteiger charge is -2.28. The van der Waals surface area contributed by atoms with Gasteiger partial charge in [-0.1, -0.05) is 172 Å². The van der Waals surface area contributed by atoms with Gasteiger partial charge in [-0.3, -0.25) is 9.36 Å². The van der Waals surface area contributed by atoms with Crippen LogP contribution in [-0.4, -0.2) is 70.7 Å². The molecule has 0 aromatic heterocycles. The molecule has 8 nitrogen and oxygen atoms in total. The highest BCUT2D eigenvalue weighted by Gasteiger charge is 2.20. The van der Waals surface area contributed by atoms with E-state index >= 15 is 0 Å². The number of esters is 1. The van der Waals surface area contributed by atoms with Gasteiger partial charge in [0, 0.05) is 13.0 Å². The predicted octanol–water partition coefficient (Wildman–Crippen LogP) is 12.5. The van der Waals surface area contributed by atoms with Gasteiger partial charge in [-0.25, -0.2) is 0 Å². The van der Waals surface area contributed by atoms with Gasteiger partial charge in [0.05, 0.1) is 34.4 Å². The first-order chi connectivity index (χ1) is 26.6. The van der Waals surface area contributed by atoms with E-state index in [0.29, 0.717) is 24.1 Å². The van der Waals surface area contributed by atoms with Crippen molar-refractivity contribution >= 4 is 13.8 Å². The fraction of sp³-hybridized carbons (Fsp3) is 0.804. The van der Waals surface area contributed by atoms with E-state index in [4.69, 9.17) is 18.5 Å². The number of allylic oxidation sites excluding steroid dienone is 8. The molecule has 2 unspecified atom stereocenters. The Morgan fingerprint density at radius 3 is 1.58 bits per heavy atom. The Morgan fingerprint density at radius 2 is 1.05 bits per heavy atom. The molecule has 55 heavy (non-hydrogen) atoms. The number of hydrogen-bond donors (Lipinski definition) is 0. The molecule has 9 heteroatoms. The summed E-state index contributed by atoms with van der Waals surface area (Å²) in [5, 5.41) is 0. The molecule has 0 aliphatic heterocycles. The molecule has 0 aliphatic carbocycles. The summed E-state index contributed by atoms with van der Waals surface area (Å²) in [7, 11) is 1.35. The van der Waals surface area contributed by atoms with E-state index in [0.717, 1.165) is 70.6 Å². The maximum atomic E-state index is 12.7. The minimum Gasteiger partial charge on any atom is -0.756 e. The second-order valence-electron chi connectivity index (χ2n) is 16.0. The molecule has 0 rings (SSSR count). The molecule has 0 saturated heterocycles. The molecule has 0 fully saturated rings. The zero-order valence-corrected chi connectivity index (χ0v) is 37.3. The molecule has 0 bridgehead atoms. The standard InChI is InChI=1S/C46H86NO7P/c1-6-8-10-12-14-16-18-20-21-22-23-24-25-26-28-30-32-34-36-38-41-51-43-45(44-53-55(49,50)52-42-40-47(3,4)5)54-46(48)39-37-35-33-31-29-27-19-17-15-13-11-9-7-2/h8,10,14,16,20-21,23-24,45H,6-7,9,11-13,15,17-19,22,25-44H2,1-5H3/b10-8-,16-14-,21-20-,24-23-. The molecule has 0 aromatic rings. The third-order valence-corrected chi connectivity index (χ3v) is 10.4. The van der Waals surface area contributed by atoms with Crippen molar-refractivity contribution in [2.24, 2.45) is 0 Å². The lowest BCUT2D eigenvalue weighted by atomic mass is 10.0. The maximum Gasteiger partial charge on any atom is 0.306 e. The quantitative estimate of drug-likeness (QED) is 0.0200. The van der Waals surface area contributed by atoms with Crippen molar-refractivity contribution in [1.82, 2.24) is 0 Å². The molecule has 0 aliphatic rings. The summed E-state index contributed by atoms with van der Waals surface area (Å²) >= 11 is 0. The highest BCUT2D eigenvalue weighted by Crippen LogP contribution is 2.38. The van der Waals surface area contributed by atoms with E-state index in [1.54, 1.807) is 0 Å². The predicted molar refractivity (Wildman–Crippen MR) is 231 cm³/mol. The van der Waals surface area contributed by atoms with Crippen LogP contribution in [0.5, 0.6) is 0 Å². The third-order valence-electron chi connectivity index (χ3n) is 9.39. The van der Waals surface area contributed by atoms with Crippen LogP contribution in [0.1, 0.15) is 181 Å². The average Bonchev–Trinajstić information content (AvgIpc) is 3.13. The number of nitrogens with zero attached hydrogens (tertiary/aromatic N) is 1. The summed E-state index contributed by atoms with van der Waals surface area (Å²) in [6, 6.07) is 0. The molecule has 2 atom stereocenters. The summed E-state index contributed by atoms with van der Waals surface area (Å²) in [6.07, 6.45) is 46.9. The van der Waals surface area contributed by atoms with E-state index in [2.05, 4.69) is 62.5 Å². The minimum absolute atomic E-state index is 0.0234. The summed E-state index contributed by atoms with van der Waals surface area (Å²) in [5.74, 6) is -0.339. The van der Waals surface area contributed by atoms with Gasteiger partial charge in [0.2, 0.25) is 0 Å². The number of hydrogen-bond acceptors (Lipinski definition) is 7. The van der Waals surface area contributed by atoms with Gasteiger partial charge in [-0.15, -0.1) is 0 Å². The van der Waals surface area contributed by atoms with E-state index in [-0.39, 0.29) is 25.8 Å². The molecule has 0 saturated carbocycles. The smallest absolute Gasteiger partial charge is 0.306 e. The number of phosphoric ester groups is 1. The SMILES string of the molecule is CC/C=C\C/C=C\C/C=C\C/C=C\CCCCCCCCCOCC(COP(=O)([O-])OCC[N+](C)(C)C)OC(=O)CCCCCCCCCCCCCCC. The third kappa shape index (κ3) is 43.4. The fourth-order valence-corrected chi connectivity index (χ4v) is 6.68. The molecular weight excluding hydrogens is 709 g/mol. The van der Waals surface area contributed by atoms with Crippen LogP contribution in [0, 0.1) is 0 Å². The number of carbonyl (C=O) groups excluding carboxylic acids is 1. The summed E-state index contributed by atoms with van der Waals surface area (Å²) in [6.45, 7) is 5.28. The lowest BCUT2D eigenvalue weighted by Crippen LogP contribution is -2.37.